The Hall–Kier alpha value is -0.610. The molecule has 1 rings (SSSR count). The van der Waals surface area contributed by atoms with Crippen LogP contribution in [0.15, 0.2) is 36.4 Å². The van der Waals surface area contributed by atoms with Gasteiger partial charge in [-0.1, -0.05) is 36.4 Å². The van der Waals surface area contributed by atoms with E-state index in [-0.39, 0.29) is 19.0 Å². The Balaban J connectivity index is -0.000000141. The highest BCUT2D eigenvalue weighted by Crippen LogP contribution is 1.79. The largest absolute Gasteiger partial charge is 0.400 e. The summed E-state index contributed by atoms with van der Waals surface area (Å²) < 4.78 is 0. The highest BCUT2D eigenvalue weighted by atomic mass is 35.5. The van der Waals surface area contributed by atoms with E-state index in [9.17, 15) is 0 Å². The Morgan fingerprint density at radius 3 is 1.14 bits per heavy atom. The molecule has 4 heteroatoms. The van der Waals surface area contributed by atoms with E-state index in [0.717, 1.165) is 7.11 Å². The molecule has 1 aromatic carbocycles. The lowest BCUT2D eigenvalue weighted by Crippen LogP contribution is -2.03. The van der Waals surface area contributed by atoms with Crippen molar-refractivity contribution in [2.75, 3.05) is 13.7 Å². The van der Waals surface area contributed by atoms with Crippen LogP contribution in [-0.4, -0.2) is 35.1 Å². The number of aliphatic hydroxyl groups is 3. The standard InChI is InChI=1S/C6H6.C3H8O2.CH4O.ClH/c1-2-4-6-5-3-1;1-3(5)2-4;1-2;/h1-6H;3-5H,2H2,1H3;2H,1H3;1H. The van der Waals surface area contributed by atoms with Crippen LogP contribution >= 0.6 is 12.4 Å². The summed E-state index contributed by atoms with van der Waals surface area (Å²) in [5.41, 5.74) is 0. The second-order valence-corrected chi connectivity index (χ2v) is 2.19. The van der Waals surface area contributed by atoms with Gasteiger partial charge in [-0.3, -0.25) is 0 Å². The van der Waals surface area contributed by atoms with Crippen molar-refractivity contribution in [2.24, 2.45) is 0 Å². The third-order valence-electron chi connectivity index (χ3n) is 0.931. The minimum atomic E-state index is -0.560. The van der Waals surface area contributed by atoms with E-state index in [1.165, 1.54) is 6.92 Å². The molecule has 0 radical (unpaired) electrons. The molecule has 0 heterocycles. The number of rotatable bonds is 1. The summed E-state index contributed by atoms with van der Waals surface area (Å²) in [5.74, 6) is 0. The SMILES string of the molecule is CC(O)CO.CO.Cl.c1ccccc1. The van der Waals surface area contributed by atoms with Crippen LogP contribution in [0, 0.1) is 0 Å². The second-order valence-electron chi connectivity index (χ2n) is 2.19. The van der Waals surface area contributed by atoms with E-state index in [1.807, 2.05) is 36.4 Å². The van der Waals surface area contributed by atoms with Crippen molar-refractivity contribution >= 4 is 12.4 Å². The maximum absolute atomic E-state index is 8.11. The first kappa shape index (κ1) is 19.0. The molecular weight excluding hydrogens is 204 g/mol. The molecule has 0 aliphatic heterocycles. The molecule has 0 amide bonds. The van der Waals surface area contributed by atoms with E-state index >= 15 is 0 Å². The average molecular weight is 223 g/mol. The van der Waals surface area contributed by atoms with Crippen molar-refractivity contribution in [3.63, 3.8) is 0 Å². The van der Waals surface area contributed by atoms with Crippen LogP contribution in [0.25, 0.3) is 0 Å². The molecule has 0 saturated carbocycles. The number of benzene rings is 1. The summed E-state index contributed by atoms with van der Waals surface area (Å²) >= 11 is 0. The number of aliphatic hydroxyl groups excluding tert-OH is 3. The van der Waals surface area contributed by atoms with Gasteiger partial charge in [-0.15, -0.1) is 12.4 Å². The number of halogens is 1. The predicted molar refractivity (Wildman–Crippen MR) is 60.6 cm³/mol. The molecular formula is C10H19ClO3. The van der Waals surface area contributed by atoms with Gasteiger partial charge in [0.15, 0.2) is 0 Å². The monoisotopic (exact) mass is 222 g/mol. The van der Waals surface area contributed by atoms with E-state index in [0.29, 0.717) is 0 Å². The van der Waals surface area contributed by atoms with Gasteiger partial charge in [0, 0.05) is 7.11 Å². The fourth-order valence-electron chi connectivity index (χ4n) is 0.385. The molecule has 0 aromatic heterocycles. The lowest BCUT2D eigenvalue weighted by Gasteiger charge is -1.90. The van der Waals surface area contributed by atoms with Gasteiger partial charge in [-0.05, 0) is 6.92 Å². The Morgan fingerprint density at radius 1 is 0.929 bits per heavy atom. The fraction of sp³-hybridized carbons (Fsp3) is 0.400. The minimum absolute atomic E-state index is 0. The third kappa shape index (κ3) is 22.5. The normalized spacial score (nSPS) is 9.21. The molecule has 1 atom stereocenters. The first-order valence-corrected chi connectivity index (χ1v) is 4.01. The molecule has 0 spiro atoms. The molecule has 3 nitrogen and oxygen atoms in total. The van der Waals surface area contributed by atoms with Crippen LogP contribution in [-0.2, 0) is 0 Å². The number of hydrogen-bond donors (Lipinski definition) is 3. The first-order chi connectivity index (χ1) is 6.27. The van der Waals surface area contributed by atoms with Gasteiger partial charge in [0.1, 0.15) is 0 Å². The summed E-state index contributed by atoms with van der Waals surface area (Å²) in [6.07, 6.45) is -0.560. The van der Waals surface area contributed by atoms with Crippen LogP contribution in [0.1, 0.15) is 6.92 Å². The van der Waals surface area contributed by atoms with Gasteiger partial charge in [-0.2, -0.15) is 0 Å². The molecule has 0 fully saturated rings. The van der Waals surface area contributed by atoms with Crippen LogP contribution in [0.2, 0.25) is 0 Å². The average Bonchev–Trinajstić information content (AvgIpc) is 2.24. The van der Waals surface area contributed by atoms with Crippen LogP contribution in [0.4, 0.5) is 0 Å². The van der Waals surface area contributed by atoms with Crippen molar-refractivity contribution in [2.45, 2.75) is 13.0 Å². The lowest BCUT2D eigenvalue weighted by molar-refractivity contribution is 0.110. The molecule has 0 aliphatic rings. The van der Waals surface area contributed by atoms with Crippen LogP contribution in [0.3, 0.4) is 0 Å². The highest BCUT2D eigenvalue weighted by Gasteiger charge is 1.83. The van der Waals surface area contributed by atoms with Crippen molar-refractivity contribution < 1.29 is 15.3 Å². The Labute approximate surface area is 91.4 Å². The van der Waals surface area contributed by atoms with E-state index < -0.39 is 6.10 Å². The van der Waals surface area contributed by atoms with Gasteiger partial charge >= 0.3 is 0 Å². The van der Waals surface area contributed by atoms with Crippen molar-refractivity contribution in [3.8, 4) is 0 Å². The Kier molecular flexibility index (Phi) is 24.8. The lowest BCUT2D eigenvalue weighted by atomic mass is 10.4. The summed E-state index contributed by atoms with van der Waals surface area (Å²) in [6.45, 7) is 1.39. The van der Waals surface area contributed by atoms with Crippen molar-refractivity contribution in [1.29, 1.82) is 0 Å². The minimum Gasteiger partial charge on any atom is -0.400 e. The van der Waals surface area contributed by atoms with Gasteiger partial charge in [0.25, 0.3) is 0 Å². The molecule has 0 bridgehead atoms. The van der Waals surface area contributed by atoms with E-state index in [1.54, 1.807) is 0 Å². The van der Waals surface area contributed by atoms with Gasteiger partial charge in [-0.25, -0.2) is 0 Å². The quantitative estimate of drug-likeness (QED) is 0.667. The molecule has 84 valence electrons. The molecule has 0 aliphatic carbocycles. The topological polar surface area (TPSA) is 60.7 Å². The smallest absolute Gasteiger partial charge is 0.0742 e. The molecule has 0 saturated heterocycles. The molecule has 1 aromatic rings. The van der Waals surface area contributed by atoms with Crippen molar-refractivity contribution in [3.05, 3.63) is 36.4 Å². The zero-order valence-corrected chi connectivity index (χ0v) is 9.31. The zero-order valence-electron chi connectivity index (χ0n) is 8.50. The second kappa shape index (κ2) is 18.2. The number of hydrogen-bond acceptors (Lipinski definition) is 3. The summed E-state index contributed by atoms with van der Waals surface area (Å²) in [6, 6.07) is 12.0. The van der Waals surface area contributed by atoms with Gasteiger partial charge in [0.05, 0.1) is 12.7 Å². The van der Waals surface area contributed by atoms with Gasteiger partial charge < -0.3 is 15.3 Å². The zero-order chi connectivity index (χ0) is 10.5. The Bertz CT molecular complexity index is 130. The first-order valence-electron chi connectivity index (χ1n) is 4.01. The van der Waals surface area contributed by atoms with Crippen LogP contribution < -0.4 is 0 Å². The van der Waals surface area contributed by atoms with E-state index in [4.69, 9.17) is 15.3 Å². The maximum Gasteiger partial charge on any atom is 0.0742 e. The predicted octanol–water partition coefficient (Wildman–Crippen LogP) is 1.08. The summed E-state index contributed by atoms with van der Waals surface area (Å²) in [5, 5.41) is 23.0. The maximum atomic E-state index is 8.11. The van der Waals surface area contributed by atoms with E-state index in [2.05, 4.69) is 0 Å². The highest BCUT2D eigenvalue weighted by molar-refractivity contribution is 5.85. The Morgan fingerprint density at radius 2 is 1.07 bits per heavy atom. The summed E-state index contributed by atoms with van der Waals surface area (Å²) in [7, 11) is 1.00. The molecule has 1 unspecified atom stereocenters. The molecule has 3 N–H and O–H groups in total. The van der Waals surface area contributed by atoms with Crippen LogP contribution in [0.5, 0.6) is 0 Å². The fourth-order valence-corrected chi connectivity index (χ4v) is 0.385. The summed E-state index contributed by atoms with van der Waals surface area (Å²) in [4.78, 5) is 0. The molecule has 14 heavy (non-hydrogen) atoms. The third-order valence-corrected chi connectivity index (χ3v) is 0.931. The van der Waals surface area contributed by atoms with Gasteiger partial charge in [0.2, 0.25) is 0 Å². The van der Waals surface area contributed by atoms with Crippen molar-refractivity contribution in [1.82, 2.24) is 0 Å².